The first-order valence-corrected chi connectivity index (χ1v) is 6.96. The lowest BCUT2D eigenvalue weighted by atomic mass is 9.99. The molecule has 0 bridgehead atoms. The van der Waals surface area contributed by atoms with Gasteiger partial charge in [-0.15, -0.1) is 0 Å². The summed E-state index contributed by atoms with van der Waals surface area (Å²) in [5.41, 5.74) is -4.33. The van der Waals surface area contributed by atoms with E-state index in [9.17, 15) is 26.4 Å². The monoisotopic (exact) mass is 309 g/mol. The zero-order chi connectivity index (χ0) is 15.1. The normalized spacial score (nSPS) is 15.5. The van der Waals surface area contributed by atoms with Gasteiger partial charge in [-0.3, -0.25) is 4.79 Å². The van der Waals surface area contributed by atoms with Crippen molar-refractivity contribution in [2.45, 2.75) is 25.3 Å². The maximum atomic E-state index is 12.3. The number of aryl methyl sites for hydroxylation is 1. The fourth-order valence-electron chi connectivity index (χ4n) is 1.85. The fourth-order valence-corrected chi connectivity index (χ4v) is 2.34. The van der Waals surface area contributed by atoms with E-state index < -0.39 is 21.4 Å². The second-order valence-corrected chi connectivity index (χ2v) is 5.80. The third kappa shape index (κ3) is 2.58. The molecule has 5 nitrogen and oxygen atoms in total. The smallest absolute Gasteiger partial charge is 0.376 e. The van der Waals surface area contributed by atoms with Gasteiger partial charge in [-0.1, -0.05) is 6.07 Å². The standard InChI is InChI=1S/C11H10F3NO4S/c1-6-2-4-8(19-20(17,18)11(12,13)14)7-3-5-9(16)15-10(6)7/h2,4H,3,5H2,1H3,(H,15,16). The molecule has 0 spiro atoms. The second kappa shape index (κ2) is 4.65. The minimum Gasteiger partial charge on any atom is -0.376 e. The molecule has 20 heavy (non-hydrogen) atoms. The van der Waals surface area contributed by atoms with Gasteiger partial charge in [0.05, 0.1) is 5.69 Å². The minimum atomic E-state index is -5.72. The average molecular weight is 309 g/mol. The van der Waals surface area contributed by atoms with Crippen LogP contribution in [0.4, 0.5) is 18.9 Å². The van der Waals surface area contributed by atoms with Gasteiger partial charge in [0.1, 0.15) is 5.75 Å². The number of rotatable bonds is 2. The van der Waals surface area contributed by atoms with Gasteiger partial charge in [0.15, 0.2) is 0 Å². The first-order chi connectivity index (χ1) is 9.12. The Hall–Kier alpha value is -1.77. The number of fused-ring (bicyclic) bond motifs is 1. The lowest BCUT2D eigenvalue weighted by Gasteiger charge is -2.22. The minimum absolute atomic E-state index is 0.0544. The lowest BCUT2D eigenvalue weighted by molar-refractivity contribution is -0.116. The zero-order valence-electron chi connectivity index (χ0n) is 10.2. The van der Waals surface area contributed by atoms with Crippen molar-refractivity contribution in [3.05, 3.63) is 23.3 Å². The van der Waals surface area contributed by atoms with Crippen molar-refractivity contribution in [2.24, 2.45) is 0 Å². The number of alkyl halides is 3. The van der Waals surface area contributed by atoms with Gasteiger partial charge >= 0.3 is 15.6 Å². The maximum absolute atomic E-state index is 12.3. The van der Waals surface area contributed by atoms with Crippen LogP contribution in [0.5, 0.6) is 5.75 Å². The molecule has 110 valence electrons. The Morgan fingerprint density at radius 2 is 1.90 bits per heavy atom. The van der Waals surface area contributed by atoms with Gasteiger partial charge in [0.2, 0.25) is 5.91 Å². The van der Waals surface area contributed by atoms with E-state index in [0.717, 1.165) is 6.07 Å². The van der Waals surface area contributed by atoms with Crippen molar-refractivity contribution in [3.8, 4) is 5.75 Å². The van der Waals surface area contributed by atoms with E-state index in [0.29, 0.717) is 11.3 Å². The largest absolute Gasteiger partial charge is 0.534 e. The molecule has 1 aliphatic rings. The van der Waals surface area contributed by atoms with E-state index in [1.165, 1.54) is 6.07 Å². The Labute approximate surface area is 112 Å². The Bertz CT molecular complexity index is 667. The molecule has 0 saturated carbocycles. The molecule has 0 aromatic heterocycles. The predicted molar refractivity (Wildman–Crippen MR) is 63.7 cm³/mol. The number of benzene rings is 1. The summed E-state index contributed by atoms with van der Waals surface area (Å²) in [5.74, 6) is -0.695. The molecule has 9 heteroatoms. The van der Waals surface area contributed by atoms with Crippen LogP contribution in [0.3, 0.4) is 0 Å². The molecule has 1 N–H and O–H groups in total. The van der Waals surface area contributed by atoms with E-state index in [1.807, 2.05) is 0 Å². The molecule has 0 aliphatic carbocycles. The summed E-state index contributed by atoms with van der Waals surface area (Å²) in [6.07, 6.45) is 0.171. The van der Waals surface area contributed by atoms with E-state index >= 15 is 0 Å². The summed E-state index contributed by atoms with van der Waals surface area (Å²) < 4.78 is 63.1. The van der Waals surface area contributed by atoms with Crippen LogP contribution in [0.2, 0.25) is 0 Å². The number of carbonyl (C=O) groups is 1. The Kier molecular flexibility index (Phi) is 3.41. The van der Waals surface area contributed by atoms with Crippen LogP contribution in [0.15, 0.2) is 12.1 Å². The number of amides is 1. The van der Waals surface area contributed by atoms with Crippen LogP contribution < -0.4 is 9.50 Å². The highest BCUT2D eigenvalue weighted by molar-refractivity contribution is 7.88. The van der Waals surface area contributed by atoms with Gasteiger partial charge in [-0.05, 0) is 25.0 Å². The summed E-state index contributed by atoms with van der Waals surface area (Å²) in [6, 6.07) is 2.53. The molecule has 0 unspecified atom stereocenters. The van der Waals surface area contributed by atoms with E-state index in [1.54, 1.807) is 6.92 Å². The van der Waals surface area contributed by atoms with Crippen molar-refractivity contribution >= 4 is 21.7 Å². The summed E-state index contributed by atoms with van der Waals surface area (Å²) in [4.78, 5) is 11.3. The van der Waals surface area contributed by atoms with Gasteiger partial charge in [0, 0.05) is 12.0 Å². The van der Waals surface area contributed by atoms with E-state index in [4.69, 9.17) is 0 Å². The van der Waals surface area contributed by atoms with Crippen LogP contribution in [-0.4, -0.2) is 19.8 Å². The van der Waals surface area contributed by atoms with Crippen molar-refractivity contribution < 1.29 is 30.6 Å². The molecule has 0 fully saturated rings. The highest BCUT2D eigenvalue weighted by atomic mass is 32.2. The topological polar surface area (TPSA) is 72.5 Å². The number of carbonyl (C=O) groups excluding carboxylic acids is 1. The molecule has 1 amide bonds. The van der Waals surface area contributed by atoms with Gasteiger partial charge in [-0.25, -0.2) is 0 Å². The average Bonchev–Trinajstić information content (AvgIpc) is 2.31. The molecular weight excluding hydrogens is 299 g/mol. The molecule has 0 atom stereocenters. The Morgan fingerprint density at radius 3 is 2.50 bits per heavy atom. The van der Waals surface area contributed by atoms with Gasteiger partial charge in [-0.2, -0.15) is 21.6 Å². The Balaban J connectivity index is 2.45. The molecule has 1 heterocycles. The van der Waals surface area contributed by atoms with Crippen molar-refractivity contribution in [2.75, 3.05) is 5.32 Å². The predicted octanol–water partition coefficient (Wildman–Crippen LogP) is 2.11. The Morgan fingerprint density at radius 1 is 1.25 bits per heavy atom. The molecule has 0 radical (unpaired) electrons. The van der Waals surface area contributed by atoms with Crippen LogP contribution in [0.25, 0.3) is 0 Å². The highest BCUT2D eigenvalue weighted by Gasteiger charge is 2.49. The summed E-state index contributed by atoms with van der Waals surface area (Å²) in [6.45, 7) is 1.65. The summed E-state index contributed by atoms with van der Waals surface area (Å²) >= 11 is 0. The van der Waals surface area contributed by atoms with Crippen molar-refractivity contribution in [1.29, 1.82) is 0 Å². The van der Waals surface area contributed by atoms with Crippen molar-refractivity contribution in [3.63, 3.8) is 0 Å². The second-order valence-electron chi connectivity index (χ2n) is 4.27. The third-order valence-corrected chi connectivity index (χ3v) is 3.79. The first kappa shape index (κ1) is 14.6. The maximum Gasteiger partial charge on any atom is 0.534 e. The summed E-state index contributed by atoms with van der Waals surface area (Å²) in [7, 11) is -5.72. The van der Waals surface area contributed by atoms with Crippen LogP contribution >= 0.6 is 0 Å². The molecule has 1 aromatic rings. The van der Waals surface area contributed by atoms with Gasteiger partial charge < -0.3 is 9.50 Å². The molecule has 1 aromatic carbocycles. The summed E-state index contributed by atoms with van der Waals surface area (Å²) in [5, 5.41) is 2.50. The van der Waals surface area contributed by atoms with Crippen molar-refractivity contribution in [1.82, 2.24) is 0 Å². The van der Waals surface area contributed by atoms with E-state index in [-0.39, 0.29) is 24.3 Å². The first-order valence-electron chi connectivity index (χ1n) is 5.55. The molecule has 1 aliphatic heterocycles. The molecule has 2 rings (SSSR count). The van der Waals surface area contributed by atoms with E-state index in [2.05, 4.69) is 9.50 Å². The van der Waals surface area contributed by atoms with Crippen LogP contribution in [0, 0.1) is 6.92 Å². The molecular formula is C11H10F3NO4S. The SMILES string of the molecule is Cc1ccc(OS(=O)(=O)C(F)(F)F)c2c1NC(=O)CC2. The third-order valence-electron chi connectivity index (χ3n) is 2.83. The fraction of sp³-hybridized carbons (Fsp3) is 0.364. The van der Waals surface area contributed by atoms with Crippen LogP contribution in [-0.2, 0) is 21.3 Å². The van der Waals surface area contributed by atoms with Gasteiger partial charge in [0.25, 0.3) is 0 Å². The number of halogens is 3. The number of nitrogens with one attached hydrogen (secondary N) is 1. The number of anilines is 1. The number of hydrogen-bond acceptors (Lipinski definition) is 4. The highest BCUT2D eigenvalue weighted by Crippen LogP contribution is 2.36. The number of hydrogen-bond donors (Lipinski definition) is 1. The van der Waals surface area contributed by atoms with Crippen LogP contribution in [0.1, 0.15) is 17.5 Å². The zero-order valence-corrected chi connectivity index (χ0v) is 11.1. The lowest BCUT2D eigenvalue weighted by Crippen LogP contribution is -2.29. The molecule has 0 saturated heterocycles. The quantitative estimate of drug-likeness (QED) is 0.671.